The molecule has 0 saturated carbocycles. The Morgan fingerprint density at radius 2 is 2.00 bits per heavy atom. The highest BCUT2D eigenvalue weighted by Gasteiger charge is 2.24. The van der Waals surface area contributed by atoms with Crippen molar-refractivity contribution in [2.45, 2.75) is 25.4 Å². The number of hydrogen-bond donors (Lipinski definition) is 2. The minimum Gasteiger partial charge on any atom is -0.481 e. The Hall–Kier alpha value is -1.61. The van der Waals surface area contributed by atoms with E-state index in [9.17, 15) is 9.90 Å². The summed E-state index contributed by atoms with van der Waals surface area (Å²) in [7, 11) is 0. The molecule has 3 nitrogen and oxygen atoms in total. The van der Waals surface area contributed by atoms with Gasteiger partial charge >= 0.3 is 5.97 Å². The van der Waals surface area contributed by atoms with Crippen LogP contribution in [0.5, 0.6) is 0 Å². The summed E-state index contributed by atoms with van der Waals surface area (Å²) in [5.74, 6) is -1.68. The lowest BCUT2D eigenvalue weighted by Crippen LogP contribution is -2.28. The second kappa shape index (κ2) is 6.86. The lowest BCUT2D eigenvalue weighted by molar-refractivity contribution is -0.145. The third kappa shape index (κ3) is 4.41. The predicted octanol–water partition coefficient (Wildman–Crippen LogP) is 2.26. The summed E-state index contributed by atoms with van der Waals surface area (Å²) in [5, 5.41) is 18.8. The second-order valence-corrected chi connectivity index (χ2v) is 4.06. The van der Waals surface area contributed by atoms with E-state index in [1.807, 2.05) is 30.3 Å². The molecule has 1 aromatic carbocycles. The van der Waals surface area contributed by atoms with Crippen molar-refractivity contribution in [3.63, 3.8) is 0 Å². The lowest BCUT2D eigenvalue weighted by atomic mass is 9.93. The molecule has 0 saturated heterocycles. The van der Waals surface area contributed by atoms with Gasteiger partial charge in [0.2, 0.25) is 0 Å². The summed E-state index contributed by atoms with van der Waals surface area (Å²) < 4.78 is 0. The van der Waals surface area contributed by atoms with Gasteiger partial charge in [-0.1, -0.05) is 36.4 Å². The molecular formula is C14H18O3. The van der Waals surface area contributed by atoms with Crippen molar-refractivity contribution in [1.29, 1.82) is 0 Å². The summed E-state index contributed by atoms with van der Waals surface area (Å²) >= 11 is 0. The fraction of sp³-hybridized carbons (Fsp3) is 0.357. The molecule has 2 atom stereocenters. The van der Waals surface area contributed by atoms with E-state index < -0.39 is 18.0 Å². The molecule has 0 aliphatic carbocycles. The maximum atomic E-state index is 11.0. The largest absolute Gasteiger partial charge is 0.481 e. The third-order valence-electron chi connectivity index (χ3n) is 2.78. The molecule has 0 spiro atoms. The molecule has 0 bridgehead atoms. The van der Waals surface area contributed by atoms with Gasteiger partial charge in [-0.3, -0.25) is 4.79 Å². The first-order valence-electron chi connectivity index (χ1n) is 5.71. The summed E-state index contributed by atoms with van der Waals surface area (Å²) in [6, 6.07) is 9.68. The monoisotopic (exact) mass is 234 g/mol. The Balaban J connectivity index is 2.56. The van der Waals surface area contributed by atoms with Crippen LogP contribution in [0.4, 0.5) is 0 Å². The van der Waals surface area contributed by atoms with Gasteiger partial charge in [0.25, 0.3) is 0 Å². The minimum atomic E-state index is -0.949. The summed E-state index contributed by atoms with van der Waals surface area (Å²) in [5.41, 5.74) is 1.09. The Morgan fingerprint density at radius 1 is 1.35 bits per heavy atom. The first kappa shape index (κ1) is 13.5. The van der Waals surface area contributed by atoms with E-state index in [-0.39, 0.29) is 0 Å². The molecule has 0 aliphatic heterocycles. The number of aryl methyl sites for hydroxylation is 1. The van der Waals surface area contributed by atoms with Gasteiger partial charge in [-0.15, -0.1) is 6.58 Å². The fourth-order valence-electron chi connectivity index (χ4n) is 1.78. The highest BCUT2D eigenvalue weighted by atomic mass is 16.4. The molecule has 0 aliphatic rings. The average molecular weight is 234 g/mol. The fourth-order valence-corrected chi connectivity index (χ4v) is 1.78. The second-order valence-electron chi connectivity index (χ2n) is 4.06. The van der Waals surface area contributed by atoms with Crippen LogP contribution in [-0.4, -0.2) is 22.3 Å². The van der Waals surface area contributed by atoms with Crippen LogP contribution < -0.4 is 0 Å². The SMILES string of the molecule is C=CCC(O)C(CCc1ccccc1)C(=O)O. The van der Waals surface area contributed by atoms with Gasteiger partial charge in [-0.05, 0) is 24.8 Å². The Bertz CT molecular complexity index is 359. The number of carboxylic acids is 1. The molecule has 2 unspecified atom stereocenters. The Labute approximate surface area is 101 Å². The van der Waals surface area contributed by atoms with E-state index in [1.54, 1.807) is 6.08 Å². The van der Waals surface area contributed by atoms with Gasteiger partial charge in [0.1, 0.15) is 0 Å². The van der Waals surface area contributed by atoms with Crippen molar-refractivity contribution in [2.75, 3.05) is 0 Å². The molecule has 1 aromatic rings. The number of hydrogen-bond acceptors (Lipinski definition) is 2. The van der Waals surface area contributed by atoms with E-state index >= 15 is 0 Å². The maximum Gasteiger partial charge on any atom is 0.309 e. The van der Waals surface area contributed by atoms with Crippen molar-refractivity contribution in [3.05, 3.63) is 48.6 Å². The highest BCUT2D eigenvalue weighted by Crippen LogP contribution is 2.16. The topological polar surface area (TPSA) is 57.5 Å². The molecule has 17 heavy (non-hydrogen) atoms. The van der Waals surface area contributed by atoms with Gasteiger partial charge in [0, 0.05) is 0 Å². The van der Waals surface area contributed by atoms with Crippen molar-refractivity contribution in [1.82, 2.24) is 0 Å². The third-order valence-corrected chi connectivity index (χ3v) is 2.78. The molecule has 3 heteroatoms. The normalized spacial score (nSPS) is 13.9. The zero-order valence-electron chi connectivity index (χ0n) is 9.75. The first-order valence-corrected chi connectivity index (χ1v) is 5.71. The minimum absolute atomic E-state index is 0.311. The number of carboxylic acid groups (broad SMARTS) is 1. The number of aliphatic hydroxyl groups is 1. The van der Waals surface area contributed by atoms with E-state index in [1.165, 1.54) is 0 Å². The molecular weight excluding hydrogens is 216 g/mol. The van der Waals surface area contributed by atoms with Crippen LogP contribution in [0.15, 0.2) is 43.0 Å². The average Bonchev–Trinajstić information content (AvgIpc) is 2.30. The van der Waals surface area contributed by atoms with Gasteiger partial charge < -0.3 is 10.2 Å². The molecule has 0 radical (unpaired) electrons. The van der Waals surface area contributed by atoms with E-state index in [2.05, 4.69) is 6.58 Å². The van der Waals surface area contributed by atoms with Crippen molar-refractivity contribution in [3.8, 4) is 0 Å². The molecule has 0 heterocycles. The van der Waals surface area contributed by atoms with Crippen molar-refractivity contribution >= 4 is 5.97 Å². The number of carbonyl (C=O) groups is 1. The zero-order valence-corrected chi connectivity index (χ0v) is 9.75. The summed E-state index contributed by atoms with van der Waals surface area (Å²) in [6.45, 7) is 3.51. The van der Waals surface area contributed by atoms with Crippen molar-refractivity contribution < 1.29 is 15.0 Å². The highest BCUT2D eigenvalue weighted by molar-refractivity contribution is 5.70. The van der Waals surface area contributed by atoms with E-state index in [0.717, 1.165) is 5.56 Å². The number of benzene rings is 1. The standard InChI is InChI=1S/C14H18O3/c1-2-6-13(15)12(14(16)17)10-9-11-7-4-3-5-8-11/h2-5,7-8,12-13,15H,1,6,9-10H2,(H,16,17). The van der Waals surface area contributed by atoms with Gasteiger partial charge in [-0.25, -0.2) is 0 Å². The molecule has 92 valence electrons. The van der Waals surface area contributed by atoms with Crippen LogP contribution in [0.25, 0.3) is 0 Å². The van der Waals surface area contributed by atoms with Gasteiger partial charge in [0.05, 0.1) is 12.0 Å². The first-order chi connectivity index (χ1) is 8.15. The van der Waals surface area contributed by atoms with Crippen LogP contribution in [0.1, 0.15) is 18.4 Å². The number of aliphatic hydroxyl groups excluding tert-OH is 1. The quantitative estimate of drug-likeness (QED) is 0.711. The van der Waals surface area contributed by atoms with Crippen LogP contribution in [0, 0.1) is 5.92 Å². The summed E-state index contributed by atoms with van der Waals surface area (Å²) in [4.78, 5) is 11.0. The number of aliphatic carboxylic acids is 1. The predicted molar refractivity (Wildman–Crippen MR) is 66.7 cm³/mol. The Morgan fingerprint density at radius 3 is 2.53 bits per heavy atom. The zero-order chi connectivity index (χ0) is 12.7. The molecule has 0 fully saturated rings. The number of rotatable bonds is 7. The lowest BCUT2D eigenvalue weighted by Gasteiger charge is -2.17. The smallest absolute Gasteiger partial charge is 0.309 e. The molecule has 2 N–H and O–H groups in total. The Kier molecular flexibility index (Phi) is 5.43. The maximum absolute atomic E-state index is 11.0. The molecule has 0 amide bonds. The van der Waals surface area contributed by atoms with Crippen LogP contribution in [0.2, 0.25) is 0 Å². The van der Waals surface area contributed by atoms with Crippen LogP contribution in [0.3, 0.4) is 0 Å². The van der Waals surface area contributed by atoms with Gasteiger partial charge in [0.15, 0.2) is 0 Å². The van der Waals surface area contributed by atoms with Crippen LogP contribution >= 0.6 is 0 Å². The summed E-state index contributed by atoms with van der Waals surface area (Å²) in [6.07, 6.45) is 2.10. The van der Waals surface area contributed by atoms with E-state index in [0.29, 0.717) is 19.3 Å². The van der Waals surface area contributed by atoms with E-state index in [4.69, 9.17) is 5.11 Å². The molecule has 1 rings (SSSR count). The van der Waals surface area contributed by atoms with Gasteiger partial charge in [-0.2, -0.15) is 0 Å². The van der Waals surface area contributed by atoms with Crippen LogP contribution in [-0.2, 0) is 11.2 Å². The van der Waals surface area contributed by atoms with Crippen molar-refractivity contribution in [2.24, 2.45) is 5.92 Å². The molecule has 0 aromatic heterocycles.